The molecule has 7 heteroatoms. The minimum absolute atomic E-state index is 0.0702. The third-order valence-corrected chi connectivity index (χ3v) is 6.23. The van der Waals surface area contributed by atoms with E-state index in [-0.39, 0.29) is 24.3 Å². The topological polar surface area (TPSA) is 95.9 Å². The number of ether oxygens (including phenoxy) is 1. The number of carboxylic acids is 1. The Balaban J connectivity index is 1.43. The summed E-state index contributed by atoms with van der Waals surface area (Å²) in [5.74, 6) is -1.32. The van der Waals surface area contributed by atoms with Gasteiger partial charge < -0.3 is 20.1 Å². The van der Waals surface area contributed by atoms with E-state index in [0.29, 0.717) is 19.4 Å². The third-order valence-electron chi connectivity index (χ3n) is 6.23. The second-order valence-corrected chi connectivity index (χ2v) is 8.83. The molecule has 2 aromatic rings. The molecule has 2 aliphatic rings. The van der Waals surface area contributed by atoms with Gasteiger partial charge in [-0.2, -0.15) is 0 Å². The summed E-state index contributed by atoms with van der Waals surface area (Å²) in [7, 11) is 0. The van der Waals surface area contributed by atoms with Crippen LogP contribution >= 0.6 is 0 Å². The first-order chi connectivity index (χ1) is 15.4. The number of hydrogen-bond acceptors (Lipinski definition) is 4. The molecular weight excluding hydrogens is 408 g/mol. The minimum atomic E-state index is -1.02. The van der Waals surface area contributed by atoms with Gasteiger partial charge >= 0.3 is 12.1 Å². The number of carbonyl (C=O) groups excluding carboxylic acids is 2. The SMILES string of the molecule is CC(C)C[C@@H](NC(=O)OCC1c2ccccc2-c2ccccc21)C(=O)N1CCC1C(=O)O. The Kier molecular flexibility index (Phi) is 6.17. The van der Waals surface area contributed by atoms with E-state index in [9.17, 15) is 19.5 Å². The number of nitrogens with one attached hydrogen (secondary N) is 1. The summed E-state index contributed by atoms with van der Waals surface area (Å²) in [6.45, 7) is 4.44. The van der Waals surface area contributed by atoms with E-state index >= 15 is 0 Å². The van der Waals surface area contributed by atoms with Gasteiger partial charge in [-0.05, 0) is 41.0 Å². The molecule has 1 unspecified atom stereocenters. The maximum atomic E-state index is 12.9. The number of alkyl carbamates (subject to hydrolysis) is 1. The van der Waals surface area contributed by atoms with Crippen LogP contribution in [-0.4, -0.2) is 53.2 Å². The van der Waals surface area contributed by atoms with E-state index in [1.807, 2.05) is 50.2 Å². The number of benzene rings is 2. The van der Waals surface area contributed by atoms with Crippen LogP contribution in [0.15, 0.2) is 48.5 Å². The summed E-state index contributed by atoms with van der Waals surface area (Å²) >= 11 is 0. The highest BCUT2D eigenvalue weighted by molar-refractivity contribution is 5.90. The number of amides is 2. The molecule has 0 saturated carbocycles. The van der Waals surface area contributed by atoms with Crippen molar-refractivity contribution in [2.45, 2.75) is 44.7 Å². The summed E-state index contributed by atoms with van der Waals surface area (Å²) < 4.78 is 5.57. The second-order valence-electron chi connectivity index (χ2n) is 8.83. The van der Waals surface area contributed by atoms with Crippen molar-refractivity contribution in [3.05, 3.63) is 59.7 Å². The standard InChI is InChI=1S/C25H28N2O5/c1-15(2)13-21(23(28)27-12-11-22(27)24(29)30)26-25(31)32-14-20-18-9-5-3-7-16(18)17-8-4-6-10-19(17)20/h3-10,15,20-22H,11-14H2,1-2H3,(H,26,31)(H,29,30)/t21-,22?/m1/s1. The summed E-state index contributed by atoms with van der Waals surface area (Å²) in [6, 6.07) is 14.5. The van der Waals surface area contributed by atoms with E-state index in [2.05, 4.69) is 17.4 Å². The first kappa shape index (κ1) is 21.9. The Morgan fingerprint density at radius 1 is 1.06 bits per heavy atom. The third kappa shape index (κ3) is 4.20. The fraction of sp³-hybridized carbons (Fsp3) is 0.400. The normalized spacial score (nSPS) is 17.8. The minimum Gasteiger partial charge on any atom is -0.480 e. The van der Waals surface area contributed by atoms with Gasteiger partial charge in [0.05, 0.1) is 0 Å². The van der Waals surface area contributed by atoms with Gasteiger partial charge in [-0.25, -0.2) is 9.59 Å². The van der Waals surface area contributed by atoms with Gasteiger partial charge in [0.25, 0.3) is 0 Å². The van der Waals surface area contributed by atoms with Crippen molar-refractivity contribution in [1.82, 2.24) is 10.2 Å². The number of carbonyl (C=O) groups is 3. The summed E-state index contributed by atoms with van der Waals surface area (Å²) in [6.07, 6.45) is 0.171. The van der Waals surface area contributed by atoms with Crippen LogP contribution in [0.5, 0.6) is 0 Å². The fourth-order valence-corrected chi connectivity index (χ4v) is 4.58. The van der Waals surface area contributed by atoms with E-state index in [1.165, 1.54) is 4.90 Å². The van der Waals surface area contributed by atoms with Crippen LogP contribution in [0.3, 0.4) is 0 Å². The Hall–Kier alpha value is -3.35. The van der Waals surface area contributed by atoms with Gasteiger partial charge in [0, 0.05) is 12.5 Å². The molecule has 1 fully saturated rings. The van der Waals surface area contributed by atoms with Crippen LogP contribution in [0, 0.1) is 5.92 Å². The molecule has 32 heavy (non-hydrogen) atoms. The Labute approximate surface area is 187 Å². The zero-order valence-corrected chi connectivity index (χ0v) is 18.3. The van der Waals surface area contributed by atoms with E-state index in [4.69, 9.17) is 4.74 Å². The monoisotopic (exact) mass is 436 g/mol. The lowest BCUT2D eigenvalue weighted by molar-refractivity contribution is -0.158. The Morgan fingerprint density at radius 2 is 1.66 bits per heavy atom. The average molecular weight is 437 g/mol. The number of likely N-dealkylation sites (tertiary alicyclic amines) is 1. The maximum absolute atomic E-state index is 12.9. The molecule has 0 bridgehead atoms. The van der Waals surface area contributed by atoms with Crippen LogP contribution < -0.4 is 5.32 Å². The predicted molar refractivity (Wildman–Crippen MR) is 119 cm³/mol. The van der Waals surface area contributed by atoms with Crippen LogP contribution in [0.4, 0.5) is 4.79 Å². The van der Waals surface area contributed by atoms with Crippen LogP contribution in [0.25, 0.3) is 11.1 Å². The van der Waals surface area contributed by atoms with Crippen molar-refractivity contribution >= 4 is 18.0 Å². The molecule has 0 aromatic heterocycles. The van der Waals surface area contributed by atoms with Crippen molar-refractivity contribution in [3.63, 3.8) is 0 Å². The molecule has 168 valence electrons. The van der Waals surface area contributed by atoms with Crippen molar-refractivity contribution in [3.8, 4) is 11.1 Å². The molecule has 1 saturated heterocycles. The van der Waals surface area contributed by atoms with Gasteiger partial charge in [-0.1, -0.05) is 62.4 Å². The van der Waals surface area contributed by atoms with Crippen molar-refractivity contribution < 1.29 is 24.2 Å². The summed E-state index contributed by atoms with van der Waals surface area (Å²) in [5.41, 5.74) is 4.51. The molecule has 2 amide bonds. The Morgan fingerprint density at radius 3 is 2.16 bits per heavy atom. The van der Waals surface area contributed by atoms with E-state index in [0.717, 1.165) is 22.3 Å². The van der Waals surface area contributed by atoms with Gasteiger partial charge in [0.1, 0.15) is 18.7 Å². The number of aliphatic carboxylic acids is 1. The van der Waals surface area contributed by atoms with Crippen LogP contribution in [0.2, 0.25) is 0 Å². The highest BCUT2D eigenvalue weighted by Crippen LogP contribution is 2.44. The van der Waals surface area contributed by atoms with Gasteiger partial charge in [-0.3, -0.25) is 4.79 Å². The molecule has 0 radical (unpaired) electrons. The number of hydrogen-bond donors (Lipinski definition) is 2. The van der Waals surface area contributed by atoms with E-state index in [1.54, 1.807) is 0 Å². The predicted octanol–water partition coefficient (Wildman–Crippen LogP) is 3.63. The molecule has 4 rings (SSSR count). The van der Waals surface area contributed by atoms with Crippen LogP contribution in [-0.2, 0) is 14.3 Å². The highest BCUT2D eigenvalue weighted by Gasteiger charge is 2.41. The van der Waals surface area contributed by atoms with Gasteiger partial charge in [0.15, 0.2) is 0 Å². The zero-order chi connectivity index (χ0) is 22.8. The molecule has 1 heterocycles. The fourth-order valence-electron chi connectivity index (χ4n) is 4.58. The first-order valence-electron chi connectivity index (χ1n) is 11.0. The van der Waals surface area contributed by atoms with Crippen molar-refractivity contribution in [1.29, 1.82) is 0 Å². The highest BCUT2D eigenvalue weighted by atomic mass is 16.5. The number of nitrogens with zero attached hydrogens (tertiary/aromatic N) is 1. The molecule has 2 aromatic carbocycles. The lowest BCUT2D eigenvalue weighted by Crippen LogP contribution is -2.60. The lowest BCUT2D eigenvalue weighted by Gasteiger charge is -2.40. The number of carboxylic acid groups (broad SMARTS) is 1. The zero-order valence-electron chi connectivity index (χ0n) is 18.3. The summed E-state index contributed by atoms with van der Waals surface area (Å²) in [4.78, 5) is 38.2. The van der Waals surface area contributed by atoms with Crippen molar-refractivity contribution in [2.24, 2.45) is 5.92 Å². The van der Waals surface area contributed by atoms with Crippen molar-refractivity contribution in [2.75, 3.05) is 13.2 Å². The molecular formula is C25H28N2O5. The first-order valence-corrected chi connectivity index (χ1v) is 11.0. The lowest BCUT2D eigenvalue weighted by atomic mass is 9.97. The van der Waals surface area contributed by atoms with E-state index < -0.39 is 24.1 Å². The Bertz CT molecular complexity index is 989. The number of fused-ring (bicyclic) bond motifs is 3. The molecule has 2 N–H and O–H groups in total. The van der Waals surface area contributed by atoms with Gasteiger partial charge in [0.2, 0.25) is 5.91 Å². The molecule has 2 atom stereocenters. The molecule has 7 nitrogen and oxygen atoms in total. The molecule has 1 aliphatic carbocycles. The maximum Gasteiger partial charge on any atom is 0.407 e. The molecule has 0 spiro atoms. The summed E-state index contributed by atoms with van der Waals surface area (Å²) in [5, 5.41) is 11.9. The average Bonchev–Trinajstić information content (AvgIpc) is 3.04. The number of rotatable bonds is 7. The molecule has 1 aliphatic heterocycles. The van der Waals surface area contributed by atoms with Gasteiger partial charge in [-0.15, -0.1) is 0 Å². The second kappa shape index (κ2) is 9.02. The van der Waals surface area contributed by atoms with Crippen LogP contribution in [0.1, 0.15) is 43.7 Å². The smallest absolute Gasteiger partial charge is 0.407 e. The largest absolute Gasteiger partial charge is 0.480 e. The quantitative estimate of drug-likeness (QED) is 0.691.